The zero-order chi connectivity index (χ0) is 13.9. The Hall–Kier alpha value is -2.15. The normalized spacial score (nSPS) is 17.4. The molecule has 1 fully saturated rings. The van der Waals surface area contributed by atoms with Crippen LogP contribution in [0.5, 0.6) is 0 Å². The summed E-state index contributed by atoms with van der Waals surface area (Å²) >= 11 is 0. The van der Waals surface area contributed by atoms with Crippen LogP contribution in [0.4, 0.5) is 5.82 Å². The number of fused-ring (bicyclic) bond motifs is 1. The highest BCUT2D eigenvalue weighted by Gasteiger charge is 2.20. The van der Waals surface area contributed by atoms with Crippen molar-refractivity contribution in [3.63, 3.8) is 0 Å². The number of nitrogens with two attached hydrogens (primary N) is 1. The van der Waals surface area contributed by atoms with Crippen molar-refractivity contribution in [3.8, 4) is 0 Å². The number of amides is 1. The van der Waals surface area contributed by atoms with E-state index in [1.54, 1.807) is 16.9 Å². The maximum absolute atomic E-state index is 10.9. The molecule has 1 aliphatic heterocycles. The summed E-state index contributed by atoms with van der Waals surface area (Å²) in [7, 11) is 0. The van der Waals surface area contributed by atoms with Crippen LogP contribution < -0.4 is 11.1 Å². The molecule has 0 bridgehead atoms. The molecule has 0 saturated carbocycles. The number of likely N-dealkylation sites (tertiary alicyclic amines) is 1. The fraction of sp³-hybridized carbons (Fsp3) is 0.462. The average Bonchev–Trinajstić information content (AvgIpc) is 2.90. The molecule has 0 atom stereocenters. The van der Waals surface area contributed by atoms with Crippen molar-refractivity contribution < 1.29 is 4.79 Å². The molecule has 3 N–H and O–H groups in total. The van der Waals surface area contributed by atoms with Gasteiger partial charge < -0.3 is 11.1 Å². The van der Waals surface area contributed by atoms with Crippen molar-refractivity contribution in [2.75, 3.05) is 25.0 Å². The van der Waals surface area contributed by atoms with Crippen LogP contribution in [0.25, 0.3) is 5.52 Å². The van der Waals surface area contributed by atoms with Gasteiger partial charge in [-0.25, -0.2) is 9.50 Å². The lowest BCUT2D eigenvalue weighted by Gasteiger charge is -2.31. The highest BCUT2D eigenvalue weighted by atomic mass is 16.1. The number of piperidine rings is 1. The van der Waals surface area contributed by atoms with E-state index in [-0.39, 0.29) is 5.91 Å². The van der Waals surface area contributed by atoms with Gasteiger partial charge in [-0.3, -0.25) is 9.69 Å². The lowest BCUT2D eigenvalue weighted by Crippen LogP contribution is -2.43. The van der Waals surface area contributed by atoms with Crippen molar-refractivity contribution >= 4 is 17.2 Å². The van der Waals surface area contributed by atoms with Crippen molar-refractivity contribution in [2.24, 2.45) is 5.73 Å². The van der Waals surface area contributed by atoms with E-state index in [1.807, 2.05) is 12.3 Å². The fourth-order valence-corrected chi connectivity index (χ4v) is 2.62. The predicted octanol–water partition coefficient (Wildman–Crippen LogP) is 0.0909. The Kier molecular flexibility index (Phi) is 3.51. The number of rotatable bonds is 4. The van der Waals surface area contributed by atoms with Crippen molar-refractivity contribution in [1.29, 1.82) is 0 Å². The third-order valence-corrected chi connectivity index (χ3v) is 3.63. The van der Waals surface area contributed by atoms with E-state index in [9.17, 15) is 4.79 Å². The summed E-state index contributed by atoms with van der Waals surface area (Å²) in [5.74, 6) is 0.598. The third-order valence-electron chi connectivity index (χ3n) is 3.63. The van der Waals surface area contributed by atoms with Crippen LogP contribution in [0.2, 0.25) is 0 Å². The van der Waals surface area contributed by atoms with Gasteiger partial charge in [0.15, 0.2) is 5.82 Å². The van der Waals surface area contributed by atoms with E-state index in [0.29, 0.717) is 12.6 Å². The fourth-order valence-electron chi connectivity index (χ4n) is 2.62. The SMILES string of the molecule is NC(=O)CN1CCC(Nc2nccn3nccc23)CC1. The molecular formula is C13H18N6O. The average molecular weight is 274 g/mol. The van der Waals surface area contributed by atoms with Crippen molar-refractivity contribution in [2.45, 2.75) is 18.9 Å². The molecule has 2 aromatic heterocycles. The summed E-state index contributed by atoms with van der Waals surface area (Å²) in [5, 5.41) is 7.66. The molecule has 0 aliphatic carbocycles. The minimum atomic E-state index is -0.262. The number of carbonyl (C=O) groups excluding carboxylic acids is 1. The number of nitrogens with zero attached hydrogens (tertiary/aromatic N) is 4. The standard InChI is InChI=1S/C13H18N6O/c14-12(20)9-18-6-2-10(3-7-18)17-13-11-1-4-16-19(11)8-5-15-13/h1,4-5,8,10H,2-3,6-7,9H2,(H2,14,20)(H,15,17). The molecule has 0 unspecified atom stereocenters. The van der Waals surface area contributed by atoms with Gasteiger partial charge in [-0.2, -0.15) is 5.10 Å². The Balaban J connectivity index is 1.62. The predicted molar refractivity (Wildman–Crippen MR) is 75.3 cm³/mol. The number of carbonyl (C=O) groups is 1. The van der Waals surface area contributed by atoms with Gasteiger partial charge in [-0.05, 0) is 18.9 Å². The van der Waals surface area contributed by atoms with Crippen LogP contribution in [0.3, 0.4) is 0 Å². The Morgan fingerprint density at radius 3 is 2.95 bits per heavy atom. The van der Waals surface area contributed by atoms with Gasteiger partial charge in [0.25, 0.3) is 0 Å². The summed E-state index contributed by atoms with van der Waals surface area (Å²) in [6, 6.07) is 2.31. The molecule has 7 heteroatoms. The molecule has 1 aliphatic rings. The first-order chi connectivity index (χ1) is 9.72. The Morgan fingerprint density at radius 1 is 1.40 bits per heavy atom. The second kappa shape index (κ2) is 5.46. The van der Waals surface area contributed by atoms with Crippen LogP contribution in [-0.2, 0) is 4.79 Å². The van der Waals surface area contributed by atoms with Crippen LogP contribution >= 0.6 is 0 Å². The quantitative estimate of drug-likeness (QED) is 0.825. The molecule has 0 spiro atoms. The number of primary amides is 1. The first-order valence-electron chi connectivity index (χ1n) is 6.78. The molecule has 20 heavy (non-hydrogen) atoms. The monoisotopic (exact) mass is 274 g/mol. The lowest BCUT2D eigenvalue weighted by molar-refractivity contribution is -0.119. The maximum Gasteiger partial charge on any atom is 0.231 e. The Morgan fingerprint density at radius 2 is 2.20 bits per heavy atom. The molecule has 1 amide bonds. The van der Waals surface area contributed by atoms with E-state index < -0.39 is 0 Å². The number of hydrogen-bond donors (Lipinski definition) is 2. The van der Waals surface area contributed by atoms with Crippen molar-refractivity contribution in [1.82, 2.24) is 19.5 Å². The topological polar surface area (TPSA) is 88.5 Å². The highest BCUT2D eigenvalue weighted by Crippen LogP contribution is 2.18. The van der Waals surface area contributed by atoms with E-state index >= 15 is 0 Å². The first kappa shape index (κ1) is 12.9. The number of hydrogen-bond acceptors (Lipinski definition) is 5. The largest absolute Gasteiger partial charge is 0.369 e. The van der Waals surface area contributed by atoms with Gasteiger partial charge in [-0.1, -0.05) is 0 Å². The molecule has 2 aromatic rings. The van der Waals surface area contributed by atoms with Gasteiger partial charge in [-0.15, -0.1) is 0 Å². The van der Waals surface area contributed by atoms with Crippen LogP contribution in [0, 0.1) is 0 Å². The zero-order valence-corrected chi connectivity index (χ0v) is 11.2. The summed E-state index contributed by atoms with van der Waals surface area (Å²) in [6.07, 6.45) is 7.28. The first-order valence-corrected chi connectivity index (χ1v) is 6.78. The highest BCUT2D eigenvalue weighted by molar-refractivity contribution is 5.75. The molecule has 3 heterocycles. The van der Waals surface area contributed by atoms with Crippen LogP contribution in [0.1, 0.15) is 12.8 Å². The second-order valence-electron chi connectivity index (χ2n) is 5.10. The minimum Gasteiger partial charge on any atom is -0.369 e. The molecule has 0 aromatic carbocycles. The smallest absolute Gasteiger partial charge is 0.231 e. The van der Waals surface area contributed by atoms with Gasteiger partial charge in [0.05, 0.1) is 12.7 Å². The van der Waals surface area contributed by atoms with Gasteiger partial charge in [0.2, 0.25) is 5.91 Å². The lowest BCUT2D eigenvalue weighted by atomic mass is 10.1. The summed E-state index contributed by atoms with van der Waals surface area (Å²) in [6.45, 7) is 2.11. The Labute approximate surface area is 116 Å². The molecule has 3 rings (SSSR count). The maximum atomic E-state index is 10.9. The van der Waals surface area contributed by atoms with E-state index in [2.05, 4.69) is 20.3 Å². The molecule has 1 saturated heterocycles. The number of anilines is 1. The number of nitrogens with one attached hydrogen (secondary N) is 1. The summed E-state index contributed by atoms with van der Waals surface area (Å²) < 4.78 is 1.80. The van der Waals surface area contributed by atoms with E-state index in [0.717, 1.165) is 37.3 Å². The van der Waals surface area contributed by atoms with E-state index in [4.69, 9.17) is 5.73 Å². The van der Waals surface area contributed by atoms with E-state index in [1.165, 1.54) is 0 Å². The summed E-state index contributed by atoms with van der Waals surface area (Å²) in [4.78, 5) is 17.4. The van der Waals surface area contributed by atoms with Crippen molar-refractivity contribution in [3.05, 3.63) is 24.7 Å². The number of aromatic nitrogens is 3. The molecule has 0 radical (unpaired) electrons. The van der Waals surface area contributed by atoms with Gasteiger partial charge in [0.1, 0.15) is 5.52 Å². The molecule has 7 nitrogen and oxygen atoms in total. The third kappa shape index (κ3) is 2.72. The zero-order valence-electron chi connectivity index (χ0n) is 11.2. The molecule has 106 valence electrons. The molecular weight excluding hydrogens is 256 g/mol. The summed E-state index contributed by atoms with van der Waals surface area (Å²) in [5.41, 5.74) is 6.19. The van der Waals surface area contributed by atoms with Gasteiger partial charge >= 0.3 is 0 Å². The second-order valence-corrected chi connectivity index (χ2v) is 5.10. The van der Waals surface area contributed by atoms with Crippen LogP contribution in [-0.4, -0.2) is 51.1 Å². The van der Waals surface area contributed by atoms with Crippen LogP contribution in [0.15, 0.2) is 24.7 Å². The van der Waals surface area contributed by atoms with Gasteiger partial charge in [0, 0.05) is 31.5 Å². The Bertz CT molecular complexity index is 602. The minimum absolute atomic E-state index is 0.262.